The third kappa shape index (κ3) is 3.88. The van der Waals surface area contributed by atoms with Crippen LogP contribution in [-0.2, 0) is 0 Å². The molecule has 14 heavy (non-hydrogen) atoms. The highest BCUT2D eigenvalue weighted by atomic mass is 16.1. The quantitative estimate of drug-likeness (QED) is 0.401. The van der Waals surface area contributed by atoms with E-state index >= 15 is 0 Å². The topological polar surface area (TPSA) is 29.1 Å². The van der Waals surface area contributed by atoms with Gasteiger partial charge in [-0.1, -0.05) is 0 Å². The minimum atomic E-state index is -1.13. The summed E-state index contributed by atoms with van der Waals surface area (Å²) in [5.41, 5.74) is 0. The second kappa shape index (κ2) is 5.95. The van der Waals surface area contributed by atoms with Crippen LogP contribution in [0.15, 0.2) is 0 Å². The van der Waals surface area contributed by atoms with Gasteiger partial charge in [-0.3, -0.25) is 4.79 Å². The molecule has 0 aliphatic heterocycles. The fourth-order valence-electron chi connectivity index (χ4n) is 0.860. The second-order valence-corrected chi connectivity index (χ2v) is 2.36. The van der Waals surface area contributed by atoms with Crippen LogP contribution in [0.1, 0.15) is 0 Å². The molecule has 0 aromatic heterocycles. The van der Waals surface area contributed by atoms with Crippen LogP contribution in [0.3, 0.4) is 0 Å². The second-order valence-electron chi connectivity index (χ2n) is 2.36. The Morgan fingerprint density at radius 2 is 1.50 bits per heavy atom. The lowest BCUT2D eigenvalue weighted by Gasteiger charge is -2.27. The lowest BCUT2D eigenvalue weighted by molar-refractivity contribution is 0.259. The van der Waals surface area contributed by atoms with Crippen molar-refractivity contribution >= 4 is 35.5 Å². The molecule has 0 aliphatic carbocycles. The van der Waals surface area contributed by atoms with E-state index in [0.717, 1.165) is 0 Å². The Morgan fingerprint density at radius 1 is 1.14 bits per heavy atom. The van der Waals surface area contributed by atoms with Gasteiger partial charge in [-0.05, 0) is 5.24 Å². The van der Waals surface area contributed by atoms with E-state index in [1.54, 1.807) is 0 Å². The van der Waals surface area contributed by atoms with Crippen LogP contribution in [-0.4, -0.2) is 40.7 Å². The van der Waals surface area contributed by atoms with Crippen LogP contribution >= 0.6 is 0 Å². The predicted molar refractivity (Wildman–Crippen MR) is 60.8 cm³/mol. The predicted octanol–water partition coefficient (Wildman–Crippen LogP) is -1.64. The third-order valence-corrected chi connectivity index (χ3v) is 1.31. The van der Waals surface area contributed by atoms with E-state index in [1.807, 2.05) is 0 Å². The van der Waals surface area contributed by atoms with Crippen LogP contribution in [0, 0.1) is 36.7 Å². The standard InChI is InChI=1S/C8H4B4NO/c1-4-10-8(11-5-2,12-6-3)13-7(9)14/h1-3H,(H,13,14). The van der Waals surface area contributed by atoms with Gasteiger partial charge in [0.1, 0.15) is 0 Å². The van der Waals surface area contributed by atoms with Crippen molar-refractivity contribution in [2.75, 3.05) is 0 Å². The van der Waals surface area contributed by atoms with Gasteiger partial charge in [0.05, 0.1) is 0 Å². The highest BCUT2D eigenvalue weighted by molar-refractivity contribution is 6.88. The Kier molecular flexibility index (Phi) is 5.28. The van der Waals surface area contributed by atoms with E-state index in [0.29, 0.717) is 0 Å². The number of amides is 1. The maximum absolute atomic E-state index is 10.7. The SMILES string of the molecule is [B]C(=O)NC([B]C#C)([B]C#C)[B]C#C. The molecule has 0 aromatic carbocycles. The summed E-state index contributed by atoms with van der Waals surface area (Å²) in [4.78, 5) is 10.7. The van der Waals surface area contributed by atoms with Crippen LogP contribution in [0.4, 0.5) is 4.79 Å². The molecule has 0 bridgehead atoms. The fourth-order valence-corrected chi connectivity index (χ4v) is 0.860. The van der Waals surface area contributed by atoms with Crippen molar-refractivity contribution in [2.24, 2.45) is 0 Å². The molecule has 0 saturated carbocycles. The third-order valence-electron chi connectivity index (χ3n) is 1.31. The summed E-state index contributed by atoms with van der Waals surface area (Å²) in [7, 11) is 8.86. The summed E-state index contributed by atoms with van der Waals surface area (Å²) < 4.78 is 0. The van der Waals surface area contributed by atoms with Gasteiger partial charge in [0.2, 0.25) is 21.8 Å². The van der Waals surface area contributed by atoms with Crippen LogP contribution < -0.4 is 5.32 Å². The van der Waals surface area contributed by atoms with Gasteiger partial charge in [-0.2, -0.15) is 17.5 Å². The normalized spacial score (nSPS) is 8.36. The van der Waals surface area contributed by atoms with E-state index in [2.05, 4.69) is 22.8 Å². The molecular formula is C8H4B4NO. The molecule has 0 heterocycles. The average molecular weight is 173 g/mol. The zero-order valence-corrected chi connectivity index (χ0v) is 7.45. The number of hydrogen-bond acceptors (Lipinski definition) is 1. The zero-order valence-electron chi connectivity index (χ0n) is 7.45. The van der Waals surface area contributed by atoms with E-state index in [9.17, 15) is 4.79 Å². The highest BCUT2D eigenvalue weighted by Gasteiger charge is 2.31. The molecule has 0 atom stereocenters. The summed E-state index contributed by atoms with van der Waals surface area (Å²) in [5, 5.41) is 1.21. The van der Waals surface area contributed by atoms with Crippen molar-refractivity contribution in [2.45, 2.75) is 5.24 Å². The first-order chi connectivity index (χ1) is 6.60. The van der Waals surface area contributed by atoms with E-state index in [1.165, 1.54) is 21.8 Å². The summed E-state index contributed by atoms with van der Waals surface area (Å²) in [6.45, 7) is 0. The van der Waals surface area contributed by atoms with Crippen LogP contribution in [0.5, 0.6) is 0 Å². The van der Waals surface area contributed by atoms with Crippen molar-refractivity contribution in [1.82, 2.24) is 5.32 Å². The molecule has 0 aliphatic rings. The summed E-state index contributed by atoms with van der Waals surface area (Å²) in [6, 6.07) is 0. The molecule has 0 unspecified atom stereocenters. The number of carbonyl (C=O) groups excluding carboxylic acids is 1. The molecule has 5 radical (unpaired) electrons. The molecule has 0 aromatic rings. The minimum absolute atomic E-state index is 0.769. The van der Waals surface area contributed by atoms with Gasteiger partial charge in [0.25, 0.3) is 0 Å². The Bertz CT molecular complexity index is 292. The summed E-state index contributed by atoms with van der Waals surface area (Å²) >= 11 is 0. The van der Waals surface area contributed by atoms with Crippen molar-refractivity contribution in [3.05, 3.63) is 0 Å². The fraction of sp³-hybridized carbons (Fsp3) is 0.125. The van der Waals surface area contributed by atoms with Crippen molar-refractivity contribution in [1.29, 1.82) is 0 Å². The average Bonchev–Trinajstić information content (AvgIpc) is 2.03. The number of hydrogen-bond donors (Lipinski definition) is 1. The highest BCUT2D eigenvalue weighted by Crippen LogP contribution is 1.97. The van der Waals surface area contributed by atoms with Gasteiger partial charge >= 0.3 is 0 Å². The first-order valence-corrected chi connectivity index (χ1v) is 3.59. The monoisotopic (exact) mass is 174 g/mol. The Hall–Kier alpha value is -1.59. The Balaban J connectivity index is 4.77. The maximum Gasteiger partial charge on any atom is 0.228 e. The summed E-state index contributed by atoms with van der Waals surface area (Å²) in [6.07, 6.45) is 15.2. The Morgan fingerprint density at radius 3 is 1.71 bits per heavy atom. The molecule has 59 valence electrons. The van der Waals surface area contributed by atoms with Gasteiger partial charge in [0.15, 0.2) is 13.7 Å². The lowest BCUT2D eigenvalue weighted by Crippen LogP contribution is -2.61. The molecule has 1 amide bonds. The largest absolute Gasteiger partial charge is 0.380 e. The van der Waals surface area contributed by atoms with Crippen LogP contribution in [0.2, 0.25) is 0 Å². The van der Waals surface area contributed by atoms with Crippen molar-refractivity contribution < 1.29 is 4.79 Å². The van der Waals surface area contributed by atoms with E-state index < -0.39 is 11.0 Å². The van der Waals surface area contributed by atoms with E-state index in [4.69, 9.17) is 27.1 Å². The summed E-state index contributed by atoms with van der Waals surface area (Å²) in [5.74, 6) is 5.94. The number of nitrogens with one attached hydrogen (secondary N) is 1. The molecule has 0 fully saturated rings. The number of carbonyl (C=O) groups is 1. The number of terminal acetylenes is 3. The molecule has 6 heteroatoms. The maximum atomic E-state index is 10.7. The molecule has 0 rings (SSSR count). The lowest BCUT2D eigenvalue weighted by atomic mass is 9.25. The van der Waals surface area contributed by atoms with Crippen molar-refractivity contribution in [3.63, 3.8) is 0 Å². The van der Waals surface area contributed by atoms with Gasteiger partial charge in [-0.15, -0.1) is 19.3 Å². The van der Waals surface area contributed by atoms with Gasteiger partial charge < -0.3 is 5.32 Å². The molecule has 1 N–H and O–H groups in total. The Labute approximate surface area is 88.1 Å². The van der Waals surface area contributed by atoms with Gasteiger partial charge in [-0.25, -0.2) is 0 Å². The molecule has 0 spiro atoms. The molecule has 2 nitrogen and oxygen atoms in total. The minimum Gasteiger partial charge on any atom is -0.380 e. The van der Waals surface area contributed by atoms with Gasteiger partial charge in [0, 0.05) is 0 Å². The number of rotatable bonds is 4. The molecular weight excluding hydrogens is 169 g/mol. The smallest absolute Gasteiger partial charge is 0.228 e. The first-order valence-electron chi connectivity index (χ1n) is 3.59. The first kappa shape index (κ1) is 12.4. The van der Waals surface area contributed by atoms with Crippen LogP contribution in [0.25, 0.3) is 0 Å². The van der Waals surface area contributed by atoms with Crippen molar-refractivity contribution in [3.8, 4) is 36.7 Å². The van der Waals surface area contributed by atoms with E-state index in [-0.39, 0.29) is 0 Å². The zero-order chi connectivity index (χ0) is 11.0. The molecule has 0 saturated heterocycles.